The molecule has 0 heterocycles. The summed E-state index contributed by atoms with van der Waals surface area (Å²) >= 11 is 0. The Kier molecular flexibility index (Phi) is 5.28. The second-order valence-corrected chi connectivity index (χ2v) is 3.66. The van der Waals surface area contributed by atoms with Crippen molar-refractivity contribution in [2.45, 2.75) is 13.3 Å². The lowest BCUT2D eigenvalue weighted by Crippen LogP contribution is -2.47. The van der Waals surface area contributed by atoms with E-state index in [4.69, 9.17) is 0 Å². The third-order valence-electron chi connectivity index (χ3n) is 2.34. The van der Waals surface area contributed by atoms with E-state index in [1.807, 2.05) is 0 Å². The Morgan fingerprint density at radius 1 is 1.13 bits per heavy atom. The molecule has 15 heavy (non-hydrogen) atoms. The molecule has 0 atom stereocenters. The summed E-state index contributed by atoms with van der Waals surface area (Å²) < 4.78 is 9.33. The van der Waals surface area contributed by atoms with Gasteiger partial charge in [0.1, 0.15) is 0 Å². The zero-order chi connectivity index (χ0) is 12.1. The van der Waals surface area contributed by atoms with Crippen LogP contribution in [0.25, 0.3) is 0 Å². The topological polar surface area (TPSA) is 55.8 Å². The van der Waals surface area contributed by atoms with Crippen LogP contribution >= 0.6 is 0 Å². The van der Waals surface area contributed by atoms with Crippen LogP contribution in [0, 0.1) is 5.41 Å². The Morgan fingerprint density at radius 3 is 1.73 bits per heavy atom. The number of rotatable bonds is 5. The fourth-order valence-corrected chi connectivity index (χ4v) is 1.54. The van der Waals surface area contributed by atoms with Crippen molar-refractivity contribution in [1.29, 1.82) is 0 Å². The summed E-state index contributed by atoms with van der Waals surface area (Å²) in [7, 11) is 6.11. The monoisotopic (exact) mass is 217 g/mol. The van der Waals surface area contributed by atoms with Crippen LogP contribution < -0.4 is 0 Å². The zero-order valence-corrected chi connectivity index (χ0v) is 9.99. The van der Waals surface area contributed by atoms with Gasteiger partial charge in [0, 0.05) is 6.54 Å². The highest BCUT2D eigenvalue weighted by Gasteiger charge is 2.47. The second kappa shape index (κ2) is 5.70. The molecule has 0 aliphatic heterocycles. The van der Waals surface area contributed by atoms with E-state index in [0.717, 1.165) is 0 Å². The van der Waals surface area contributed by atoms with Gasteiger partial charge in [0.2, 0.25) is 0 Å². The SMILES string of the molecule is CCC(CN(C)C)(C(=O)OC)C(=O)OC. The quantitative estimate of drug-likeness (QED) is 0.489. The van der Waals surface area contributed by atoms with Crippen LogP contribution in [-0.2, 0) is 19.1 Å². The highest BCUT2D eigenvalue weighted by Crippen LogP contribution is 2.26. The van der Waals surface area contributed by atoms with Crippen molar-refractivity contribution in [3.63, 3.8) is 0 Å². The van der Waals surface area contributed by atoms with Crippen LogP contribution in [0.2, 0.25) is 0 Å². The molecule has 0 aromatic heterocycles. The van der Waals surface area contributed by atoms with Gasteiger partial charge < -0.3 is 14.4 Å². The molecule has 0 aliphatic carbocycles. The van der Waals surface area contributed by atoms with Gasteiger partial charge in [0.25, 0.3) is 0 Å². The Balaban J connectivity index is 5.10. The van der Waals surface area contributed by atoms with E-state index in [1.165, 1.54) is 14.2 Å². The Morgan fingerprint density at radius 2 is 1.53 bits per heavy atom. The van der Waals surface area contributed by atoms with Crippen LogP contribution in [0.4, 0.5) is 0 Å². The third kappa shape index (κ3) is 2.92. The van der Waals surface area contributed by atoms with Crippen molar-refractivity contribution < 1.29 is 19.1 Å². The molecule has 5 nitrogen and oxygen atoms in total. The lowest BCUT2D eigenvalue weighted by Gasteiger charge is -2.29. The number of ether oxygens (including phenoxy) is 2. The molecule has 0 spiro atoms. The minimum absolute atomic E-state index is 0.281. The predicted molar refractivity (Wildman–Crippen MR) is 55.3 cm³/mol. The van der Waals surface area contributed by atoms with E-state index >= 15 is 0 Å². The van der Waals surface area contributed by atoms with E-state index in [9.17, 15) is 9.59 Å². The van der Waals surface area contributed by atoms with Gasteiger partial charge in [-0.1, -0.05) is 6.92 Å². The highest BCUT2D eigenvalue weighted by atomic mass is 16.5. The van der Waals surface area contributed by atoms with Gasteiger partial charge in [-0.3, -0.25) is 9.59 Å². The van der Waals surface area contributed by atoms with Crippen molar-refractivity contribution in [2.24, 2.45) is 5.41 Å². The van der Waals surface area contributed by atoms with Crippen LogP contribution in [0.5, 0.6) is 0 Å². The standard InChI is InChI=1S/C10H19NO4/c1-6-10(7-11(2)3,8(12)14-4)9(13)15-5/h6-7H2,1-5H3. The molecule has 0 fully saturated rings. The molecule has 5 heteroatoms. The molecule has 0 N–H and O–H groups in total. The molecular weight excluding hydrogens is 198 g/mol. The Labute approximate surface area is 90.3 Å². The zero-order valence-electron chi connectivity index (χ0n) is 9.99. The van der Waals surface area contributed by atoms with Crippen LogP contribution in [0.3, 0.4) is 0 Å². The number of methoxy groups -OCH3 is 2. The molecule has 0 unspecified atom stereocenters. The number of hydrogen-bond acceptors (Lipinski definition) is 5. The maximum atomic E-state index is 11.7. The van der Waals surface area contributed by atoms with Gasteiger partial charge in [-0.2, -0.15) is 0 Å². The molecule has 0 aromatic carbocycles. The number of hydrogen-bond donors (Lipinski definition) is 0. The normalized spacial score (nSPS) is 11.3. The van der Waals surface area contributed by atoms with Crippen LogP contribution in [0.1, 0.15) is 13.3 Å². The van der Waals surface area contributed by atoms with Gasteiger partial charge in [0.15, 0.2) is 5.41 Å². The van der Waals surface area contributed by atoms with E-state index in [1.54, 1.807) is 25.9 Å². The van der Waals surface area contributed by atoms with Crippen molar-refractivity contribution >= 4 is 11.9 Å². The number of carbonyl (C=O) groups is 2. The maximum absolute atomic E-state index is 11.7. The molecule has 0 bridgehead atoms. The second-order valence-electron chi connectivity index (χ2n) is 3.66. The van der Waals surface area contributed by atoms with Crippen LogP contribution in [-0.4, -0.2) is 51.7 Å². The first kappa shape index (κ1) is 13.9. The van der Waals surface area contributed by atoms with Crippen molar-refractivity contribution in [3.05, 3.63) is 0 Å². The fourth-order valence-electron chi connectivity index (χ4n) is 1.54. The summed E-state index contributed by atoms with van der Waals surface area (Å²) in [6.45, 7) is 2.04. The van der Waals surface area contributed by atoms with E-state index in [0.29, 0.717) is 6.42 Å². The van der Waals surface area contributed by atoms with Gasteiger partial charge in [0.05, 0.1) is 14.2 Å². The lowest BCUT2D eigenvalue weighted by atomic mass is 9.84. The summed E-state index contributed by atoms with van der Waals surface area (Å²) in [6, 6.07) is 0. The summed E-state index contributed by atoms with van der Waals surface area (Å²) in [5.74, 6) is -1.10. The molecule has 0 saturated carbocycles. The predicted octanol–water partition coefficient (Wildman–Crippen LogP) is 0.290. The Hall–Kier alpha value is -1.10. The summed E-state index contributed by atoms with van der Waals surface area (Å²) in [5.41, 5.74) is -1.22. The first-order valence-corrected chi connectivity index (χ1v) is 4.76. The Bertz CT molecular complexity index is 222. The first-order chi connectivity index (χ1) is 6.94. The minimum atomic E-state index is -1.22. The molecule has 0 saturated heterocycles. The number of carbonyl (C=O) groups excluding carboxylic acids is 2. The van der Waals surface area contributed by atoms with E-state index in [-0.39, 0.29) is 6.54 Å². The van der Waals surface area contributed by atoms with E-state index in [2.05, 4.69) is 9.47 Å². The average Bonchev–Trinajstić information content (AvgIpc) is 2.23. The highest BCUT2D eigenvalue weighted by molar-refractivity contribution is 6.00. The van der Waals surface area contributed by atoms with E-state index < -0.39 is 17.4 Å². The average molecular weight is 217 g/mol. The van der Waals surface area contributed by atoms with Crippen molar-refractivity contribution in [1.82, 2.24) is 4.90 Å². The maximum Gasteiger partial charge on any atom is 0.324 e. The lowest BCUT2D eigenvalue weighted by molar-refractivity contribution is -0.170. The third-order valence-corrected chi connectivity index (χ3v) is 2.34. The van der Waals surface area contributed by atoms with Gasteiger partial charge >= 0.3 is 11.9 Å². The molecular formula is C10H19NO4. The number of nitrogens with zero attached hydrogens (tertiary/aromatic N) is 1. The smallest absolute Gasteiger partial charge is 0.324 e. The molecule has 0 aromatic rings. The van der Waals surface area contributed by atoms with Crippen LogP contribution in [0.15, 0.2) is 0 Å². The first-order valence-electron chi connectivity index (χ1n) is 4.76. The molecule has 88 valence electrons. The largest absolute Gasteiger partial charge is 0.468 e. The van der Waals surface area contributed by atoms with Crippen molar-refractivity contribution in [2.75, 3.05) is 34.9 Å². The fraction of sp³-hybridized carbons (Fsp3) is 0.800. The van der Waals surface area contributed by atoms with Gasteiger partial charge in [-0.25, -0.2) is 0 Å². The molecule has 0 rings (SSSR count). The molecule has 0 amide bonds. The van der Waals surface area contributed by atoms with Gasteiger partial charge in [-0.15, -0.1) is 0 Å². The van der Waals surface area contributed by atoms with Crippen molar-refractivity contribution in [3.8, 4) is 0 Å². The summed E-state index contributed by atoms with van der Waals surface area (Å²) in [6.07, 6.45) is 0.352. The molecule has 0 radical (unpaired) electrons. The number of esters is 2. The summed E-state index contributed by atoms with van der Waals surface area (Å²) in [5, 5.41) is 0. The summed E-state index contributed by atoms with van der Waals surface area (Å²) in [4.78, 5) is 25.1. The molecule has 0 aliphatic rings. The minimum Gasteiger partial charge on any atom is -0.468 e. The van der Waals surface area contributed by atoms with Gasteiger partial charge in [-0.05, 0) is 20.5 Å².